The molecule has 7 heteroatoms. The van der Waals surface area contributed by atoms with Gasteiger partial charge in [0, 0.05) is 13.7 Å². The number of carbonyl (C=O) groups excluding carboxylic acids is 2. The van der Waals surface area contributed by atoms with Crippen molar-refractivity contribution in [2.45, 2.75) is 0 Å². The lowest BCUT2D eigenvalue weighted by Crippen LogP contribution is -2.39. The predicted molar refractivity (Wildman–Crippen MR) is 67.0 cm³/mol. The molecule has 0 aliphatic carbocycles. The maximum Gasteiger partial charge on any atom is 0.329 e. The lowest BCUT2D eigenvalue weighted by Gasteiger charge is -2.02. The van der Waals surface area contributed by atoms with Crippen LogP contribution in [0.3, 0.4) is 0 Å². The smallest absolute Gasteiger partial charge is 0.329 e. The zero-order valence-electron chi connectivity index (χ0n) is 10.4. The Kier molecular flexibility index (Phi) is 6.17. The van der Waals surface area contributed by atoms with E-state index >= 15 is 0 Å². The molecule has 1 aromatic carbocycles. The highest BCUT2D eigenvalue weighted by Crippen LogP contribution is 1.99. The number of hydrazone groups is 1. The van der Waals surface area contributed by atoms with E-state index in [1.54, 1.807) is 0 Å². The molecule has 0 aliphatic heterocycles. The summed E-state index contributed by atoms with van der Waals surface area (Å²) in [6, 6.07) is 5.51. The van der Waals surface area contributed by atoms with E-state index < -0.39 is 11.8 Å². The van der Waals surface area contributed by atoms with Crippen molar-refractivity contribution in [3.05, 3.63) is 35.6 Å². The topological polar surface area (TPSA) is 79.8 Å². The van der Waals surface area contributed by atoms with Crippen molar-refractivity contribution in [1.29, 1.82) is 0 Å². The van der Waals surface area contributed by atoms with Gasteiger partial charge in [-0.3, -0.25) is 9.59 Å². The summed E-state index contributed by atoms with van der Waals surface area (Å²) in [6.45, 7) is 0.558. The predicted octanol–water partition coefficient (Wildman–Crippen LogP) is 0.0384. The lowest BCUT2D eigenvalue weighted by molar-refractivity contribution is -0.139. The number of ether oxygens (including phenoxy) is 1. The van der Waals surface area contributed by atoms with Crippen LogP contribution in [0.1, 0.15) is 5.56 Å². The molecule has 2 N–H and O–H groups in total. The van der Waals surface area contributed by atoms with Crippen LogP contribution in [0.4, 0.5) is 4.39 Å². The first-order chi connectivity index (χ1) is 9.13. The molecule has 0 aliphatic rings. The fourth-order valence-corrected chi connectivity index (χ4v) is 1.11. The van der Waals surface area contributed by atoms with Crippen molar-refractivity contribution >= 4 is 18.0 Å². The van der Waals surface area contributed by atoms with Crippen LogP contribution >= 0.6 is 0 Å². The number of nitrogens with one attached hydrogen (secondary N) is 2. The van der Waals surface area contributed by atoms with Crippen LogP contribution in [0.25, 0.3) is 0 Å². The van der Waals surface area contributed by atoms with E-state index in [4.69, 9.17) is 4.74 Å². The average molecular weight is 267 g/mol. The Labute approximate surface area is 109 Å². The third kappa shape index (κ3) is 5.73. The van der Waals surface area contributed by atoms with Gasteiger partial charge < -0.3 is 10.1 Å². The number of rotatable bonds is 5. The van der Waals surface area contributed by atoms with Crippen molar-refractivity contribution in [3.8, 4) is 0 Å². The second-order valence-electron chi connectivity index (χ2n) is 3.50. The third-order valence-electron chi connectivity index (χ3n) is 2.05. The molecule has 0 saturated carbocycles. The van der Waals surface area contributed by atoms with E-state index in [-0.39, 0.29) is 12.4 Å². The Hall–Kier alpha value is -2.28. The Morgan fingerprint density at radius 1 is 1.32 bits per heavy atom. The van der Waals surface area contributed by atoms with Crippen molar-refractivity contribution < 1.29 is 18.7 Å². The quantitative estimate of drug-likeness (QED) is 0.342. The summed E-state index contributed by atoms with van der Waals surface area (Å²) >= 11 is 0. The number of nitrogens with zero attached hydrogens (tertiary/aromatic N) is 1. The maximum atomic E-state index is 12.6. The summed E-state index contributed by atoms with van der Waals surface area (Å²) in [4.78, 5) is 22.4. The Bertz CT molecular complexity index is 460. The van der Waals surface area contributed by atoms with Crippen LogP contribution in [-0.4, -0.2) is 38.3 Å². The first-order valence-electron chi connectivity index (χ1n) is 5.49. The zero-order valence-corrected chi connectivity index (χ0v) is 10.4. The van der Waals surface area contributed by atoms with Crippen LogP contribution in [0.5, 0.6) is 0 Å². The summed E-state index contributed by atoms with van der Waals surface area (Å²) in [5.74, 6) is -2.04. The molecule has 0 radical (unpaired) electrons. The summed E-state index contributed by atoms with van der Waals surface area (Å²) in [5.41, 5.74) is 2.65. The fourth-order valence-electron chi connectivity index (χ4n) is 1.11. The summed E-state index contributed by atoms with van der Waals surface area (Å²) in [5, 5.41) is 5.92. The number of amides is 2. The molecule has 102 valence electrons. The first-order valence-corrected chi connectivity index (χ1v) is 5.49. The number of methoxy groups -OCH3 is 1. The minimum Gasteiger partial charge on any atom is -0.383 e. The Morgan fingerprint density at radius 2 is 2.00 bits per heavy atom. The molecule has 1 aromatic rings. The minimum absolute atomic E-state index is 0.241. The highest BCUT2D eigenvalue weighted by molar-refractivity contribution is 6.35. The van der Waals surface area contributed by atoms with Crippen LogP contribution < -0.4 is 10.7 Å². The fraction of sp³-hybridized carbons (Fsp3) is 0.250. The number of hydrogen-bond donors (Lipinski definition) is 2. The lowest BCUT2D eigenvalue weighted by atomic mass is 10.2. The molecule has 19 heavy (non-hydrogen) atoms. The maximum absolute atomic E-state index is 12.6. The van der Waals surface area contributed by atoms with Gasteiger partial charge in [0.25, 0.3) is 0 Å². The van der Waals surface area contributed by atoms with Gasteiger partial charge in [0.2, 0.25) is 0 Å². The van der Waals surface area contributed by atoms with E-state index in [0.29, 0.717) is 12.2 Å². The van der Waals surface area contributed by atoms with Gasteiger partial charge in [0.15, 0.2) is 0 Å². The molecule has 6 nitrogen and oxygen atoms in total. The Morgan fingerprint density at radius 3 is 2.63 bits per heavy atom. The summed E-state index contributed by atoms with van der Waals surface area (Å²) in [7, 11) is 1.49. The van der Waals surface area contributed by atoms with E-state index in [9.17, 15) is 14.0 Å². The molecule has 0 unspecified atom stereocenters. The summed E-state index contributed by atoms with van der Waals surface area (Å²) in [6.07, 6.45) is 1.31. The van der Waals surface area contributed by atoms with Crippen molar-refractivity contribution in [2.75, 3.05) is 20.3 Å². The zero-order chi connectivity index (χ0) is 14.1. The minimum atomic E-state index is -0.880. The van der Waals surface area contributed by atoms with Gasteiger partial charge in [-0.2, -0.15) is 5.10 Å². The highest BCUT2D eigenvalue weighted by Gasteiger charge is 2.10. The normalized spacial score (nSPS) is 10.4. The van der Waals surface area contributed by atoms with Gasteiger partial charge in [-0.15, -0.1) is 0 Å². The van der Waals surface area contributed by atoms with Gasteiger partial charge in [0.05, 0.1) is 12.8 Å². The van der Waals surface area contributed by atoms with E-state index in [0.717, 1.165) is 0 Å². The van der Waals surface area contributed by atoms with Crippen LogP contribution in [0.2, 0.25) is 0 Å². The highest BCUT2D eigenvalue weighted by atomic mass is 19.1. The second-order valence-corrected chi connectivity index (χ2v) is 3.50. The second kappa shape index (κ2) is 7.93. The van der Waals surface area contributed by atoms with Gasteiger partial charge in [0.1, 0.15) is 5.82 Å². The molecular formula is C12H14FN3O3. The van der Waals surface area contributed by atoms with Gasteiger partial charge in [-0.25, -0.2) is 9.82 Å². The largest absolute Gasteiger partial charge is 0.383 e. The van der Waals surface area contributed by atoms with E-state index in [1.165, 1.54) is 37.6 Å². The number of carbonyl (C=O) groups is 2. The molecular weight excluding hydrogens is 253 g/mol. The molecule has 0 atom stereocenters. The Balaban J connectivity index is 2.36. The molecule has 2 amide bonds. The van der Waals surface area contributed by atoms with Crippen LogP contribution in [0, 0.1) is 5.82 Å². The van der Waals surface area contributed by atoms with Crippen LogP contribution in [-0.2, 0) is 14.3 Å². The molecule has 0 fully saturated rings. The summed E-state index contributed by atoms with van der Waals surface area (Å²) < 4.78 is 17.3. The van der Waals surface area contributed by atoms with Gasteiger partial charge in [-0.05, 0) is 17.7 Å². The SMILES string of the molecule is COCCNC(=O)C(=O)N/N=C/c1ccc(F)cc1. The number of halogens is 1. The van der Waals surface area contributed by atoms with E-state index in [2.05, 4.69) is 15.8 Å². The standard InChI is InChI=1S/C12H14FN3O3/c1-19-7-6-14-11(17)12(18)16-15-8-9-2-4-10(13)5-3-9/h2-5,8H,6-7H2,1H3,(H,14,17)(H,16,18)/b15-8+. The molecule has 0 bridgehead atoms. The van der Waals surface area contributed by atoms with Gasteiger partial charge >= 0.3 is 11.8 Å². The molecule has 1 rings (SSSR count). The van der Waals surface area contributed by atoms with Crippen molar-refractivity contribution in [2.24, 2.45) is 5.10 Å². The molecule has 0 heterocycles. The number of benzene rings is 1. The monoisotopic (exact) mass is 267 g/mol. The van der Waals surface area contributed by atoms with Crippen molar-refractivity contribution in [1.82, 2.24) is 10.7 Å². The van der Waals surface area contributed by atoms with E-state index in [1.807, 2.05) is 0 Å². The van der Waals surface area contributed by atoms with Gasteiger partial charge in [-0.1, -0.05) is 12.1 Å². The molecule has 0 saturated heterocycles. The first kappa shape index (κ1) is 14.8. The number of hydrogen-bond acceptors (Lipinski definition) is 4. The average Bonchev–Trinajstić information content (AvgIpc) is 2.41. The van der Waals surface area contributed by atoms with Crippen molar-refractivity contribution in [3.63, 3.8) is 0 Å². The van der Waals surface area contributed by atoms with Crippen LogP contribution in [0.15, 0.2) is 29.4 Å². The molecule has 0 aromatic heterocycles. The molecule has 0 spiro atoms. The third-order valence-corrected chi connectivity index (χ3v) is 2.05.